The number of rotatable bonds is 5. The first-order valence-corrected chi connectivity index (χ1v) is 6.85. The molecule has 0 aliphatic heterocycles. The van der Waals surface area contributed by atoms with Crippen molar-refractivity contribution < 1.29 is 0 Å². The second-order valence-corrected chi connectivity index (χ2v) is 5.94. The summed E-state index contributed by atoms with van der Waals surface area (Å²) in [5, 5.41) is 10.5. The standard InChI is InChI=1S/C14H20N2S/c1-14(2,10-15-3)16-8-11-9-17-13-7-5-4-6-12(11)13/h4-7,9,15-16H,8,10H2,1-3H3. The van der Waals surface area contributed by atoms with E-state index in [1.165, 1.54) is 15.6 Å². The lowest BCUT2D eigenvalue weighted by Gasteiger charge is -2.26. The highest BCUT2D eigenvalue weighted by atomic mass is 32.1. The van der Waals surface area contributed by atoms with Gasteiger partial charge < -0.3 is 10.6 Å². The molecule has 17 heavy (non-hydrogen) atoms. The zero-order chi connectivity index (χ0) is 12.3. The molecule has 1 aromatic heterocycles. The van der Waals surface area contributed by atoms with Gasteiger partial charge in [-0.2, -0.15) is 0 Å². The fraction of sp³-hybridized carbons (Fsp3) is 0.429. The molecule has 2 aromatic rings. The van der Waals surface area contributed by atoms with Crippen LogP contribution in [-0.4, -0.2) is 19.1 Å². The molecule has 0 amide bonds. The minimum atomic E-state index is 0.123. The third-order valence-electron chi connectivity index (χ3n) is 2.94. The van der Waals surface area contributed by atoms with Gasteiger partial charge in [-0.25, -0.2) is 0 Å². The molecule has 2 nitrogen and oxygen atoms in total. The lowest BCUT2D eigenvalue weighted by atomic mass is 10.0. The molecule has 0 saturated heterocycles. The molecule has 0 bridgehead atoms. The van der Waals surface area contributed by atoms with Crippen LogP contribution in [0.15, 0.2) is 29.6 Å². The molecule has 0 spiro atoms. The molecule has 0 radical (unpaired) electrons. The fourth-order valence-electron chi connectivity index (χ4n) is 2.01. The smallest absolute Gasteiger partial charge is 0.0346 e. The van der Waals surface area contributed by atoms with Crippen LogP contribution in [0.3, 0.4) is 0 Å². The molecule has 3 heteroatoms. The first-order chi connectivity index (χ1) is 8.12. The molecule has 2 rings (SSSR count). The quantitative estimate of drug-likeness (QED) is 0.850. The summed E-state index contributed by atoms with van der Waals surface area (Å²) < 4.78 is 1.37. The molecule has 1 aromatic carbocycles. The Morgan fingerprint density at radius 1 is 1.24 bits per heavy atom. The Bertz CT molecular complexity index is 488. The largest absolute Gasteiger partial charge is 0.318 e. The maximum Gasteiger partial charge on any atom is 0.0346 e. The van der Waals surface area contributed by atoms with Gasteiger partial charge in [-0.1, -0.05) is 18.2 Å². The highest BCUT2D eigenvalue weighted by Gasteiger charge is 2.16. The molecule has 0 aliphatic rings. The predicted molar refractivity (Wildman–Crippen MR) is 76.7 cm³/mol. The van der Waals surface area contributed by atoms with Crippen LogP contribution in [-0.2, 0) is 6.54 Å². The average molecular weight is 248 g/mol. The summed E-state index contributed by atoms with van der Waals surface area (Å²) in [5.74, 6) is 0. The molecule has 0 saturated carbocycles. The van der Waals surface area contributed by atoms with Crippen LogP contribution in [0.25, 0.3) is 10.1 Å². The van der Waals surface area contributed by atoms with Crippen LogP contribution >= 0.6 is 11.3 Å². The number of benzene rings is 1. The second kappa shape index (κ2) is 5.17. The molecule has 0 aliphatic carbocycles. The number of hydrogen-bond acceptors (Lipinski definition) is 3. The average Bonchev–Trinajstić information content (AvgIpc) is 2.70. The predicted octanol–water partition coefficient (Wildman–Crippen LogP) is 2.99. The first kappa shape index (κ1) is 12.6. The van der Waals surface area contributed by atoms with Crippen LogP contribution in [0.1, 0.15) is 19.4 Å². The van der Waals surface area contributed by atoms with Crippen molar-refractivity contribution >= 4 is 21.4 Å². The maximum absolute atomic E-state index is 3.60. The van der Waals surface area contributed by atoms with Crippen molar-refractivity contribution in [3.8, 4) is 0 Å². The van der Waals surface area contributed by atoms with Crippen molar-refractivity contribution in [2.75, 3.05) is 13.6 Å². The van der Waals surface area contributed by atoms with Crippen LogP contribution in [0, 0.1) is 0 Å². The van der Waals surface area contributed by atoms with E-state index in [-0.39, 0.29) is 5.54 Å². The Morgan fingerprint density at radius 3 is 2.76 bits per heavy atom. The normalized spacial score (nSPS) is 12.2. The lowest BCUT2D eigenvalue weighted by Crippen LogP contribution is -2.46. The summed E-state index contributed by atoms with van der Waals surface area (Å²) in [7, 11) is 1.99. The van der Waals surface area contributed by atoms with E-state index in [1.807, 2.05) is 18.4 Å². The van der Waals surface area contributed by atoms with Crippen molar-refractivity contribution in [3.05, 3.63) is 35.2 Å². The van der Waals surface area contributed by atoms with Crippen molar-refractivity contribution in [3.63, 3.8) is 0 Å². The molecular formula is C14H20N2S. The number of nitrogens with one attached hydrogen (secondary N) is 2. The van der Waals surface area contributed by atoms with Gasteiger partial charge in [0.2, 0.25) is 0 Å². The summed E-state index contributed by atoms with van der Waals surface area (Å²) in [5.41, 5.74) is 1.52. The number of likely N-dealkylation sites (N-methyl/N-ethyl adjacent to an activating group) is 1. The van der Waals surface area contributed by atoms with Crippen molar-refractivity contribution in [2.24, 2.45) is 0 Å². The zero-order valence-corrected chi connectivity index (χ0v) is 11.5. The number of thiophene rings is 1. The van der Waals surface area contributed by atoms with Crippen molar-refractivity contribution in [1.82, 2.24) is 10.6 Å². The lowest BCUT2D eigenvalue weighted by molar-refractivity contribution is 0.374. The molecule has 0 unspecified atom stereocenters. The van der Waals surface area contributed by atoms with E-state index in [1.54, 1.807) is 0 Å². The minimum Gasteiger partial charge on any atom is -0.318 e. The Kier molecular flexibility index (Phi) is 3.82. The van der Waals surface area contributed by atoms with E-state index < -0.39 is 0 Å². The topological polar surface area (TPSA) is 24.1 Å². The van der Waals surface area contributed by atoms with Gasteiger partial charge >= 0.3 is 0 Å². The molecule has 0 atom stereocenters. The van der Waals surface area contributed by atoms with Crippen molar-refractivity contribution in [2.45, 2.75) is 25.9 Å². The maximum atomic E-state index is 3.60. The minimum absolute atomic E-state index is 0.123. The third kappa shape index (κ3) is 3.06. The van der Waals surface area contributed by atoms with E-state index in [0.29, 0.717) is 0 Å². The van der Waals surface area contributed by atoms with E-state index >= 15 is 0 Å². The van der Waals surface area contributed by atoms with Gasteiger partial charge in [-0.05, 0) is 43.3 Å². The molecule has 92 valence electrons. The summed E-state index contributed by atoms with van der Waals surface area (Å²) in [6, 6.07) is 8.59. The van der Waals surface area contributed by atoms with E-state index in [4.69, 9.17) is 0 Å². The van der Waals surface area contributed by atoms with Gasteiger partial charge in [0.25, 0.3) is 0 Å². The number of fused-ring (bicyclic) bond motifs is 1. The highest BCUT2D eigenvalue weighted by Crippen LogP contribution is 2.25. The van der Waals surface area contributed by atoms with Crippen LogP contribution in [0.4, 0.5) is 0 Å². The highest BCUT2D eigenvalue weighted by molar-refractivity contribution is 7.17. The van der Waals surface area contributed by atoms with Crippen LogP contribution in [0.5, 0.6) is 0 Å². The van der Waals surface area contributed by atoms with Gasteiger partial charge in [0.05, 0.1) is 0 Å². The Hall–Kier alpha value is -0.900. The van der Waals surface area contributed by atoms with Gasteiger partial charge in [-0.3, -0.25) is 0 Å². The van der Waals surface area contributed by atoms with E-state index in [9.17, 15) is 0 Å². The molecule has 0 fully saturated rings. The van der Waals surface area contributed by atoms with Gasteiger partial charge in [0.1, 0.15) is 0 Å². The monoisotopic (exact) mass is 248 g/mol. The summed E-state index contributed by atoms with van der Waals surface area (Å²) in [4.78, 5) is 0. The summed E-state index contributed by atoms with van der Waals surface area (Å²) in [6.07, 6.45) is 0. The van der Waals surface area contributed by atoms with E-state index in [0.717, 1.165) is 13.1 Å². The molecule has 1 heterocycles. The number of hydrogen-bond donors (Lipinski definition) is 2. The zero-order valence-electron chi connectivity index (χ0n) is 10.7. The second-order valence-electron chi connectivity index (χ2n) is 5.02. The Morgan fingerprint density at radius 2 is 2.00 bits per heavy atom. The molecule has 2 N–H and O–H groups in total. The SMILES string of the molecule is CNCC(C)(C)NCc1csc2ccccc12. The first-order valence-electron chi connectivity index (χ1n) is 5.97. The van der Waals surface area contributed by atoms with Crippen LogP contribution < -0.4 is 10.6 Å². The van der Waals surface area contributed by atoms with E-state index in [2.05, 4.69) is 54.1 Å². The third-order valence-corrected chi connectivity index (χ3v) is 3.95. The van der Waals surface area contributed by atoms with Gasteiger partial charge in [0.15, 0.2) is 0 Å². The summed E-state index contributed by atoms with van der Waals surface area (Å²) >= 11 is 1.82. The Labute approximate surface area is 107 Å². The Balaban J connectivity index is 2.09. The van der Waals surface area contributed by atoms with Gasteiger partial charge in [0, 0.05) is 23.3 Å². The van der Waals surface area contributed by atoms with Crippen molar-refractivity contribution in [1.29, 1.82) is 0 Å². The van der Waals surface area contributed by atoms with Gasteiger partial charge in [-0.15, -0.1) is 11.3 Å². The summed E-state index contributed by atoms with van der Waals surface area (Å²) in [6.45, 7) is 6.34. The van der Waals surface area contributed by atoms with Crippen LogP contribution in [0.2, 0.25) is 0 Å². The fourth-order valence-corrected chi connectivity index (χ4v) is 2.97. The molecular weight excluding hydrogens is 228 g/mol.